The summed E-state index contributed by atoms with van der Waals surface area (Å²) in [5.74, 6) is -0.943. The number of carboxylic acids is 1. The van der Waals surface area contributed by atoms with Crippen LogP contribution < -0.4 is 5.73 Å². The molecule has 0 spiro atoms. The Morgan fingerprint density at radius 2 is 2.36 bits per heavy atom. The number of hydrogen-bond donors (Lipinski definition) is 2. The molecule has 0 unspecified atom stereocenters. The first-order chi connectivity index (χ1) is 5.18. The standard InChI is InChI=1S/C7H15NO3/c1-2-11-5-3-4-6(8)7(9)10/h6H,2-5,8H2,1H3,(H,9,10)/t6-/m1/s1. The van der Waals surface area contributed by atoms with Crippen molar-refractivity contribution in [3.05, 3.63) is 0 Å². The van der Waals surface area contributed by atoms with Crippen molar-refractivity contribution in [1.29, 1.82) is 0 Å². The Labute approximate surface area is 66.3 Å². The van der Waals surface area contributed by atoms with E-state index < -0.39 is 12.0 Å². The van der Waals surface area contributed by atoms with Gasteiger partial charge in [-0.1, -0.05) is 0 Å². The van der Waals surface area contributed by atoms with Crippen LogP contribution in [0.2, 0.25) is 0 Å². The van der Waals surface area contributed by atoms with Crippen molar-refractivity contribution in [2.75, 3.05) is 13.2 Å². The molecular formula is C7H15NO3. The van der Waals surface area contributed by atoms with E-state index in [2.05, 4.69) is 0 Å². The molecule has 1 atom stereocenters. The number of nitrogens with two attached hydrogens (primary N) is 1. The first kappa shape index (κ1) is 10.4. The summed E-state index contributed by atoms with van der Waals surface area (Å²) in [6, 6.07) is -0.740. The van der Waals surface area contributed by atoms with Crippen molar-refractivity contribution in [3.8, 4) is 0 Å². The molecule has 0 aliphatic heterocycles. The fraction of sp³-hybridized carbons (Fsp3) is 0.857. The molecule has 3 N–H and O–H groups in total. The second kappa shape index (κ2) is 6.12. The summed E-state index contributed by atoms with van der Waals surface area (Å²) in [6.45, 7) is 3.16. The number of carboxylic acid groups (broad SMARTS) is 1. The summed E-state index contributed by atoms with van der Waals surface area (Å²) in [5, 5.41) is 8.37. The van der Waals surface area contributed by atoms with E-state index in [0.29, 0.717) is 26.1 Å². The third-order valence-electron chi connectivity index (χ3n) is 1.33. The summed E-state index contributed by atoms with van der Waals surface area (Å²) < 4.78 is 5.02. The Balaban J connectivity index is 3.17. The van der Waals surface area contributed by atoms with E-state index in [4.69, 9.17) is 15.6 Å². The van der Waals surface area contributed by atoms with Gasteiger partial charge in [-0.05, 0) is 19.8 Å². The molecule has 0 aromatic carbocycles. The van der Waals surface area contributed by atoms with Crippen LogP contribution in [0.3, 0.4) is 0 Å². The predicted octanol–water partition coefficient (Wildman–Crippen LogP) is 0.215. The average molecular weight is 161 g/mol. The normalized spacial score (nSPS) is 12.9. The molecule has 0 bridgehead atoms. The Morgan fingerprint density at radius 1 is 1.73 bits per heavy atom. The van der Waals surface area contributed by atoms with E-state index in [1.165, 1.54) is 0 Å². The lowest BCUT2D eigenvalue weighted by atomic mass is 10.2. The topological polar surface area (TPSA) is 72.5 Å². The Hall–Kier alpha value is -0.610. The van der Waals surface area contributed by atoms with Crippen molar-refractivity contribution in [3.63, 3.8) is 0 Å². The van der Waals surface area contributed by atoms with Crippen LogP contribution in [-0.4, -0.2) is 30.3 Å². The van der Waals surface area contributed by atoms with Gasteiger partial charge in [0.2, 0.25) is 0 Å². The van der Waals surface area contributed by atoms with Crippen LogP contribution in [0.4, 0.5) is 0 Å². The van der Waals surface area contributed by atoms with Crippen LogP contribution in [0.15, 0.2) is 0 Å². The highest BCUT2D eigenvalue weighted by Gasteiger charge is 2.09. The SMILES string of the molecule is CCOCCC[C@@H](N)C(=O)O. The molecule has 0 radical (unpaired) electrons. The first-order valence-electron chi connectivity index (χ1n) is 3.74. The van der Waals surface area contributed by atoms with Gasteiger partial charge >= 0.3 is 5.97 Å². The fourth-order valence-electron chi connectivity index (χ4n) is 0.673. The smallest absolute Gasteiger partial charge is 0.320 e. The average Bonchev–Trinajstić information content (AvgIpc) is 1.97. The monoisotopic (exact) mass is 161 g/mol. The van der Waals surface area contributed by atoms with Crippen LogP contribution in [-0.2, 0) is 9.53 Å². The molecule has 0 aromatic heterocycles. The van der Waals surface area contributed by atoms with Gasteiger partial charge < -0.3 is 15.6 Å². The fourth-order valence-corrected chi connectivity index (χ4v) is 0.673. The van der Waals surface area contributed by atoms with Crippen molar-refractivity contribution < 1.29 is 14.6 Å². The van der Waals surface area contributed by atoms with Gasteiger partial charge in [0.1, 0.15) is 6.04 Å². The van der Waals surface area contributed by atoms with E-state index in [1.54, 1.807) is 0 Å². The van der Waals surface area contributed by atoms with E-state index in [9.17, 15) is 4.79 Å². The van der Waals surface area contributed by atoms with Gasteiger partial charge in [-0.3, -0.25) is 4.79 Å². The molecule has 0 aromatic rings. The highest BCUT2D eigenvalue weighted by Crippen LogP contribution is 1.94. The van der Waals surface area contributed by atoms with E-state index in [-0.39, 0.29) is 0 Å². The van der Waals surface area contributed by atoms with Crippen LogP contribution in [0.1, 0.15) is 19.8 Å². The number of hydrogen-bond acceptors (Lipinski definition) is 3. The molecule has 0 aliphatic rings. The first-order valence-corrected chi connectivity index (χ1v) is 3.74. The maximum absolute atomic E-state index is 10.2. The van der Waals surface area contributed by atoms with Crippen molar-refractivity contribution in [2.24, 2.45) is 5.73 Å². The summed E-state index contributed by atoms with van der Waals surface area (Å²) in [7, 11) is 0. The number of ether oxygens (including phenoxy) is 1. The predicted molar refractivity (Wildman–Crippen MR) is 41.3 cm³/mol. The largest absolute Gasteiger partial charge is 0.480 e. The number of aliphatic carboxylic acids is 1. The zero-order valence-corrected chi connectivity index (χ0v) is 6.75. The lowest BCUT2D eigenvalue weighted by Crippen LogP contribution is -2.30. The van der Waals surface area contributed by atoms with Crippen LogP contribution in [0.5, 0.6) is 0 Å². The Kier molecular flexibility index (Phi) is 5.78. The van der Waals surface area contributed by atoms with Gasteiger partial charge in [-0.25, -0.2) is 0 Å². The minimum Gasteiger partial charge on any atom is -0.480 e. The van der Waals surface area contributed by atoms with Crippen LogP contribution >= 0.6 is 0 Å². The zero-order chi connectivity index (χ0) is 8.69. The molecule has 4 nitrogen and oxygen atoms in total. The summed E-state index contributed by atoms with van der Waals surface area (Å²) >= 11 is 0. The van der Waals surface area contributed by atoms with Crippen molar-refractivity contribution in [1.82, 2.24) is 0 Å². The van der Waals surface area contributed by atoms with Gasteiger partial charge in [0.15, 0.2) is 0 Å². The van der Waals surface area contributed by atoms with E-state index in [1.807, 2.05) is 6.92 Å². The maximum atomic E-state index is 10.2. The highest BCUT2D eigenvalue weighted by molar-refractivity contribution is 5.72. The molecule has 0 aliphatic carbocycles. The van der Waals surface area contributed by atoms with Gasteiger partial charge in [0.25, 0.3) is 0 Å². The lowest BCUT2D eigenvalue weighted by Gasteiger charge is -2.04. The summed E-state index contributed by atoms with van der Waals surface area (Å²) in [6.07, 6.45) is 1.19. The molecule has 4 heteroatoms. The summed E-state index contributed by atoms with van der Waals surface area (Å²) in [4.78, 5) is 10.2. The quantitative estimate of drug-likeness (QED) is 0.546. The van der Waals surface area contributed by atoms with Gasteiger partial charge in [-0.2, -0.15) is 0 Å². The van der Waals surface area contributed by atoms with Crippen molar-refractivity contribution >= 4 is 5.97 Å². The molecule has 0 heterocycles. The van der Waals surface area contributed by atoms with Crippen LogP contribution in [0, 0.1) is 0 Å². The molecule has 0 saturated carbocycles. The highest BCUT2D eigenvalue weighted by atomic mass is 16.5. The van der Waals surface area contributed by atoms with E-state index in [0.717, 1.165) is 0 Å². The molecule has 0 fully saturated rings. The third kappa shape index (κ3) is 5.82. The zero-order valence-electron chi connectivity index (χ0n) is 6.75. The third-order valence-corrected chi connectivity index (χ3v) is 1.33. The van der Waals surface area contributed by atoms with Gasteiger partial charge in [-0.15, -0.1) is 0 Å². The molecule has 0 saturated heterocycles. The molecule has 0 amide bonds. The van der Waals surface area contributed by atoms with Gasteiger partial charge in [0, 0.05) is 13.2 Å². The van der Waals surface area contributed by atoms with Crippen LogP contribution in [0.25, 0.3) is 0 Å². The second-order valence-corrected chi connectivity index (χ2v) is 2.28. The maximum Gasteiger partial charge on any atom is 0.320 e. The second-order valence-electron chi connectivity index (χ2n) is 2.28. The number of rotatable bonds is 6. The molecule has 11 heavy (non-hydrogen) atoms. The lowest BCUT2D eigenvalue weighted by molar-refractivity contribution is -0.138. The Bertz CT molecular complexity index is 116. The van der Waals surface area contributed by atoms with Gasteiger partial charge in [0.05, 0.1) is 0 Å². The summed E-state index contributed by atoms with van der Waals surface area (Å²) in [5.41, 5.74) is 5.24. The minimum absolute atomic E-state index is 0.481. The molecule has 66 valence electrons. The Morgan fingerprint density at radius 3 is 2.82 bits per heavy atom. The molecule has 0 rings (SSSR count). The minimum atomic E-state index is -0.943. The molecular weight excluding hydrogens is 146 g/mol. The number of carbonyl (C=O) groups is 1. The van der Waals surface area contributed by atoms with E-state index >= 15 is 0 Å². The van der Waals surface area contributed by atoms with Crippen molar-refractivity contribution in [2.45, 2.75) is 25.8 Å².